The second-order valence-corrected chi connectivity index (χ2v) is 8.70. The first-order valence-electron chi connectivity index (χ1n) is 11.8. The Kier molecular flexibility index (Phi) is 7.77. The highest BCUT2D eigenvalue weighted by Crippen LogP contribution is 2.36. The number of nitrogens with zero attached hydrogens (tertiary/aromatic N) is 1. The number of hydrogen-bond acceptors (Lipinski definition) is 6. The number of fused-ring (bicyclic) bond motifs is 1. The number of hydrogen-bond donors (Lipinski definition) is 3. The highest BCUT2D eigenvalue weighted by Gasteiger charge is 2.33. The highest BCUT2D eigenvalue weighted by atomic mass is 19.4. The van der Waals surface area contributed by atoms with Gasteiger partial charge in [0, 0.05) is 35.3 Å². The van der Waals surface area contributed by atoms with Crippen molar-refractivity contribution in [1.82, 2.24) is 0 Å². The smallest absolute Gasteiger partial charge is 0.416 e. The molecule has 4 rings (SSSR count). The van der Waals surface area contributed by atoms with Gasteiger partial charge in [-0.15, -0.1) is 6.42 Å². The summed E-state index contributed by atoms with van der Waals surface area (Å²) in [4.78, 5) is 29.0. The molecule has 10 heteroatoms. The summed E-state index contributed by atoms with van der Waals surface area (Å²) in [5, 5.41) is 12.1. The van der Waals surface area contributed by atoms with E-state index in [4.69, 9.17) is 16.6 Å². The minimum Gasteiger partial charge on any atom is -0.478 e. The van der Waals surface area contributed by atoms with Crippen molar-refractivity contribution in [3.05, 3.63) is 111 Å². The Morgan fingerprint density at radius 1 is 1.15 bits per heavy atom. The molecule has 0 aliphatic heterocycles. The summed E-state index contributed by atoms with van der Waals surface area (Å²) in [6.07, 6.45) is 3.11. The summed E-state index contributed by atoms with van der Waals surface area (Å²) >= 11 is 0. The molecule has 0 spiro atoms. The SMILES string of the molecule is C#Cc1ccc(N=C/C(=C\N)c2cc(=O)c3cc(C(F)(F)F)cc(C(C)Nc4ccccc4C(=O)O)c3o2)cc1. The first-order valence-corrected chi connectivity index (χ1v) is 11.8. The van der Waals surface area contributed by atoms with E-state index in [1.807, 2.05) is 0 Å². The van der Waals surface area contributed by atoms with Crippen LogP contribution in [0.5, 0.6) is 0 Å². The Hall–Kier alpha value is -5.30. The Morgan fingerprint density at radius 2 is 1.85 bits per heavy atom. The molecule has 0 saturated heterocycles. The molecule has 202 valence electrons. The van der Waals surface area contributed by atoms with Crippen LogP contribution in [0.3, 0.4) is 0 Å². The van der Waals surface area contributed by atoms with Gasteiger partial charge in [0.15, 0.2) is 5.43 Å². The van der Waals surface area contributed by atoms with Gasteiger partial charge in [-0.05, 0) is 55.5 Å². The van der Waals surface area contributed by atoms with Gasteiger partial charge < -0.3 is 20.6 Å². The minimum atomic E-state index is -4.75. The van der Waals surface area contributed by atoms with Crippen molar-refractivity contribution >= 4 is 40.1 Å². The molecule has 0 aliphatic carbocycles. The van der Waals surface area contributed by atoms with Gasteiger partial charge in [0.1, 0.15) is 11.3 Å². The van der Waals surface area contributed by atoms with Gasteiger partial charge in [-0.1, -0.05) is 18.1 Å². The van der Waals surface area contributed by atoms with Gasteiger partial charge in [0.2, 0.25) is 0 Å². The van der Waals surface area contributed by atoms with Crippen LogP contribution < -0.4 is 16.5 Å². The number of para-hydroxylation sites is 1. The van der Waals surface area contributed by atoms with E-state index in [9.17, 15) is 27.9 Å². The topological polar surface area (TPSA) is 118 Å². The number of carboxylic acids is 1. The third-order valence-electron chi connectivity index (χ3n) is 6.03. The Morgan fingerprint density at radius 3 is 2.48 bits per heavy atom. The molecule has 0 saturated carbocycles. The number of anilines is 1. The number of halogens is 3. The Labute approximate surface area is 226 Å². The number of aromatic carboxylic acids is 1. The van der Waals surface area contributed by atoms with Crippen molar-refractivity contribution in [2.24, 2.45) is 10.7 Å². The predicted molar refractivity (Wildman–Crippen MR) is 148 cm³/mol. The minimum absolute atomic E-state index is 0.0119. The van der Waals surface area contributed by atoms with E-state index in [2.05, 4.69) is 16.2 Å². The molecule has 0 fully saturated rings. The third-order valence-corrected chi connectivity index (χ3v) is 6.03. The lowest BCUT2D eigenvalue weighted by molar-refractivity contribution is -0.137. The number of aliphatic imine (C=N–C) groups is 1. The van der Waals surface area contributed by atoms with Crippen LogP contribution in [0.2, 0.25) is 0 Å². The maximum atomic E-state index is 13.8. The molecule has 0 amide bonds. The number of benzene rings is 3. The molecular formula is C30H22F3N3O4. The van der Waals surface area contributed by atoms with Crippen molar-refractivity contribution in [3.63, 3.8) is 0 Å². The Bertz CT molecular complexity index is 1750. The zero-order chi connectivity index (χ0) is 29.0. The maximum absolute atomic E-state index is 13.8. The Balaban J connectivity index is 1.83. The molecule has 0 radical (unpaired) electrons. The molecule has 0 aliphatic rings. The van der Waals surface area contributed by atoms with Crippen molar-refractivity contribution in [2.75, 3.05) is 5.32 Å². The van der Waals surface area contributed by atoms with Crippen LogP contribution in [0.4, 0.5) is 24.5 Å². The fourth-order valence-electron chi connectivity index (χ4n) is 4.00. The predicted octanol–water partition coefficient (Wildman–Crippen LogP) is 6.37. The number of rotatable bonds is 7. The lowest BCUT2D eigenvalue weighted by Gasteiger charge is -2.20. The van der Waals surface area contributed by atoms with E-state index in [-0.39, 0.29) is 39.1 Å². The van der Waals surface area contributed by atoms with Crippen LogP contribution in [0.1, 0.15) is 45.8 Å². The number of carbonyl (C=O) groups is 1. The van der Waals surface area contributed by atoms with Gasteiger partial charge in [-0.2, -0.15) is 13.2 Å². The van der Waals surface area contributed by atoms with E-state index < -0.39 is 29.2 Å². The van der Waals surface area contributed by atoms with E-state index in [0.29, 0.717) is 11.3 Å². The first kappa shape index (κ1) is 27.7. The normalized spacial score (nSPS) is 12.8. The van der Waals surface area contributed by atoms with Crippen LogP contribution in [-0.2, 0) is 6.18 Å². The fourth-order valence-corrected chi connectivity index (χ4v) is 4.00. The quantitative estimate of drug-likeness (QED) is 0.184. The summed E-state index contributed by atoms with van der Waals surface area (Å²) in [5.74, 6) is 1.25. The fraction of sp³-hybridized carbons (Fsp3) is 0.100. The molecule has 40 heavy (non-hydrogen) atoms. The average molecular weight is 546 g/mol. The van der Waals surface area contributed by atoms with Gasteiger partial charge in [0.25, 0.3) is 0 Å². The molecule has 1 heterocycles. The molecule has 3 aromatic carbocycles. The van der Waals surface area contributed by atoms with Crippen LogP contribution in [0, 0.1) is 12.3 Å². The van der Waals surface area contributed by atoms with E-state index in [1.165, 1.54) is 31.3 Å². The third kappa shape index (κ3) is 5.89. The van der Waals surface area contributed by atoms with Gasteiger partial charge in [-0.3, -0.25) is 9.79 Å². The largest absolute Gasteiger partial charge is 0.478 e. The van der Waals surface area contributed by atoms with Crippen molar-refractivity contribution in [2.45, 2.75) is 19.1 Å². The number of terminal acetylenes is 1. The van der Waals surface area contributed by atoms with Crippen molar-refractivity contribution in [3.8, 4) is 12.3 Å². The van der Waals surface area contributed by atoms with Crippen molar-refractivity contribution in [1.29, 1.82) is 0 Å². The van der Waals surface area contributed by atoms with Crippen LogP contribution in [0.15, 0.2) is 87.1 Å². The van der Waals surface area contributed by atoms with Gasteiger partial charge >= 0.3 is 12.1 Å². The highest BCUT2D eigenvalue weighted by molar-refractivity contribution is 6.09. The summed E-state index contributed by atoms with van der Waals surface area (Å²) in [7, 11) is 0. The molecular weight excluding hydrogens is 523 g/mol. The lowest BCUT2D eigenvalue weighted by atomic mass is 9.99. The number of carboxylic acid groups (broad SMARTS) is 1. The number of nitrogens with two attached hydrogens (primary N) is 1. The zero-order valence-corrected chi connectivity index (χ0v) is 21.0. The monoisotopic (exact) mass is 545 g/mol. The second kappa shape index (κ2) is 11.2. The van der Waals surface area contributed by atoms with Crippen LogP contribution in [-0.4, -0.2) is 17.3 Å². The van der Waals surface area contributed by atoms with E-state index >= 15 is 0 Å². The lowest BCUT2D eigenvalue weighted by Crippen LogP contribution is -2.15. The van der Waals surface area contributed by atoms with Crippen LogP contribution in [0.25, 0.3) is 16.5 Å². The van der Waals surface area contributed by atoms with E-state index in [0.717, 1.165) is 24.4 Å². The van der Waals surface area contributed by atoms with Gasteiger partial charge in [-0.25, -0.2) is 4.79 Å². The number of allylic oxidation sites excluding steroid dienone is 1. The summed E-state index contributed by atoms with van der Waals surface area (Å²) < 4.78 is 47.3. The summed E-state index contributed by atoms with van der Waals surface area (Å²) in [6, 6.07) is 14.4. The molecule has 1 atom stereocenters. The van der Waals surface area contributed by atoms with Crippen LogP contribution >= 0.6 is 0 Å². The summed E-state index contributed by atoms with van der Waals surface area (Å²) in [6.45, 7) is 1.53. The standard InChI is InChI=1S/C30H22F3N3O4/c1-3-18-8-10-21(11-9-18)35-16-19(15-34)27-14-26(37)24-13-20(30(31,32)33)12-23(28(24)40-27)17(2)36-25-7-5-4-6-22(25)29(38)39/h1,4-17,36H,34H2,2H3,(H,38,39)/b19-15+,35-16?. The second-order valence-electron chi connectivity index (χ2n) is 8.70. The maximum Gasteiger partial charge on any atom is 0.416 e. The summed E-state index contributed by atoms with van der Waals surface area (Å²) in [5.41, 5.74) is 5.36. The number of nitrogens with one attached hydrogen (secondary N) is 1. The molecule has 7 nitrogen and oxygen atoms in total. The molecule has 4 aromatic rings. The molecule has 1 aromatic heterocycles. The van der Waals surface area contributed by atoms with E-state index in [1.54, 1.807) is 30.3 Å². The molecule has 4 N–H and O–H groups in total. The molecule has 1 unspecified atom stereocenters. The van der Waals surface area contributed by atoms with Crippen molar-refractivity contribution < 1.29 is 27.5 Å². The molecule has 0 bridgehead atoms. The zero-order valence-electron chi connectivity index (χ0n) is 21.0. The average Bonchev–Trinajstić information content (AvgIpc) is 2.93. The number of alkyl halides is 3. The van der Waals surface area contributed by atoms with Gasteiger partial charge in [0.05, 0.1) is 33.8 Å². The first-order chi connectivity index (χ1) is 19.0.